The molecule has 1 heterocycles. The van der Waals surface area contributed by atoms with E-state index in [1.165, 1.54) is 0 Å². The lowest BCUT2D eigenvalue weighted by Crippen LogP contribution is -2.44. The number of hydrazine groups is 1. The highest BCUT2D eigenvalue weighted by Crippen LogP contribution is 2.16. The number of amides is 5. The summed E-state index contributed by atoms with van der Waals surface area (Å²) in [6, 6.07) is 6.65. The molecule has 0 bridgehead atoms. The summed E-state index contributed by atoms with van der Waals surface area (Å²) < 4.78 is 0. The van der Waals surface area contributed by atoms with Gasteiger partial charge < -0.3 is 5.32 Å². The van der Waals surface area contributed by atoms with E-state index in [2.05, 4.69) is 30.0 Å². The third-order valence-electron chi connectivity index (χ3n) is 4.18. The molecule has 27 heavy (non-hydrogen) atoms. The Bertz CT molecular complexity index is 741. The van der Waals surface area contributed by atoms with Crippen LogP contribution < -0.4 is 16.2 Å². The van der Waals surface area contributed by atoms with Crippen molar-refractivity contribution in [3.05, 3.63) is 35.4 Å². The predicted molar refractivity (Wildman–Crippen MR) is 99.5 cm³/mol. The third kappa shape index (κ3) is 5.29. The molecule has 0 aromatic heterocycles. The summed E-state index contributed by atoms with van der Waals surface area (Å²) in [6.45, 7) is 7.38. The number of nitrogens with one attached hydrogen (secondary N) is 3. The van der Waals surface area contributed by atoms with E-state index in [0.29, 0.717) is 11.5 Å². The van der Waals surface area contributed by atoms with Crippen LogP contribution >= 0.6 is 0 Å². The van der Waals surface area contributed by atoms with Crippen LogP contribution in [-0.4, -0.2) is 40.7 Å². The number of imide groups is 1. The normalized spacial score (nSPS) is 15.7. The number of benzene rings is 1. The SMILES string of the molecule is CC(C)Cc1ccc(C(=O)NNC(=O)CCN2C(=O)NC(C)(C)C2=O)cc1. The van der Waals surface area contributed by atoms with Crippen molar-refractivity contribution in [1.82, 2.24) is 21.1 Å². The Morgan fingerprint density at radius 1 is 1.11 bits per heavy atom. The molecule has 0 aliphatic carbocycles. The van der Waals surface area contributed by atoms with E-state index in [1.807, 2.05) is 12.1 Å². The van der Waals surface area contributed by atoms with Gasteiger partial charge in [-0.2, -0.15) is 0 Å². The minimum atomic E-state index is -0.969. The zero-order chi connectivity index (χ0) is 20.2. The van der Waals surface area contributed by atoms with Crippen molar-refractivity contribution in [1.29, 1.82) is 0 Å². The van der Waals surface area contributed by atoms with Gasteiger partial charge in [-0.05, 0) is 43.9 Å². The number of hydrogen-bond acceptors (Lipinski definition) is 4. The highest BCUT2D eigenvalue weighted by molar-refractivity contribution is 6.06. The van der Waals surface area contributed by atoms with Crippen molar-refractivity contribution >= 4 is 23.8 Å². The van der Waals surface area contributed by atoms with Gasteiger partial charge in [0.15, 0.2) is 0 Å². The van der Waals surface area contributed by atoms with Crippen LogP contribution in [0.25, 0.3) is 0 Å². The van der Waals surface area contributed by atoms with Crippen LogP contribution in [0.2, 0.25) is 0 Å². The molecular formula is C19H26N4O4. The van der Waals surface area contributed by atoms with Crippen LogP contribution in [0.5, 0.6) is 0 Å². The second-order valence-corrected chi connectivity index (χ2v) is 7.56. The second kappa shape index (κ2) is 8.20. The second-order valence-electron chi connectivity index (χ2n) is 7.56. The van der Waals surface area contributed by atoms with Gasteiger partial charge in [0.2, 0.25) is 5.91 Å². The van der Waals surface area contributed by atoms with E-state index in [9.17, 15) is 19.2 Å². The minimum Gasteiger partial charge on any atom is -0.324 e. The summed E-state index contributed by atoms with van der Waals surface area (Å²) in [7, 11) is 0. The fourth-order valence-electron chi connectivity index (χ4n) is 2.76. The molecule has 2 rings (SSSR count). The van der Waals surface area contributed by atoms with Gasteiger partial charge in [-0.3, -0.25) is 30.1 Å². The quantitative estimate of drug-likeness (QED) is 0.516. The minimum absolute atomic E-state index is 0.0559. The summed E-state index contributed by atoms with van der Waals surface area (Å²) in [6.07, 6.45) is 0.821. The maximum Gasteiger partial charge on any atom is 0.325 e. The smallest absolute Gasteiger partial charge is 0.324 e. The maximum atomic E-state index is 12.1. The highest BCUT2D eigenvalue weighted by Gasteiger charge is 2.43. The molecule has 0 spiro atoms. The van der Waals surface area contributed by atoms with E-state index < -0.39 is 23.4 Å². The molecule has 3 N–H and O–H groups in total. The molecule has 8 heteroatoms. The van der Waals surface area contributed by atoms with Crippen LogP contribution in [0.15, 0.2) is 24.3 Å². The van der Waals surface area contributed by atoms with Gasteiger partial charge in [0.1, 0.15) is 5.54 Å². The fraction of sp³-hybridized carbons (Fsp3) is 0.474. The topological polar surface area (TPSA) is 108 Å². The van der Waals surface area contributed by atoms with Crippen LogP contribution in [0.4, 0.5) is 4.79 Å². The first-order chi connectivity index (χ1) is 12.6. The van der Waals surface area contributed by atoms with Crippen molar-refractivity contribution in [3.8, 4) is 0 Å². The van der Waals surface area contributed by atoms with Crippen molar-refractivity contribution in [2.24, 2.45) is 5.92 Å². The molecule has 1 saturated heterocycles. The van der Waals surface area contributed by atoms with Crippen molar-refractivity contribution < 1.29 is 19.2 Å². The van der Waals surface area contributed by atoms with Gasteiger partial charge in [-0.15, -0.1) is 0 Å². The first-order valence-electron chi connectivity index (χ1n) is 8.92. The zero-order valence-electron chi connectivity index (χ0n) is 16.1. The Balaban J connectivity index is 1.79. The number of carbonyl (C=O) groups is 4. The van der Waals surface area contributed by atoms with E-state index in [1.54, 1.807) is 26.0 Å². The average molecular weight is 374 g/mol. The van der Waals surface area contributed by atoms with Crippen LogP contribution in [0, 0.1) is 5.92 Å². The van der Waals surface area contributed by atoms with Gasteiger partial charge in [-0.1, -0.05) is 26.0 Å². The molecule has 8 nitrogen and oxygen atoms in total. The number of urea groups is 1. The van der Waals surface area contributed by atoms with E-state index >= 15 is 0 Å². The lowest BCUT2D eigenvalue weighted by Gasteiger charge is -2.15. The van der Waals surface area contributed by atoms with Crippen molar-refractivity contribution in [2.45, 2.75) is 46.1 Å². The van der Waals surface area contributed by atoms with Crippen molar-refractivity contribution in [2.75, 3.05) is 6.54 Å². The van der Waals surface area contributed by atoms with Crippen molar-refractivity contribution in [3.63, 3.8) is 0 Å². The molecule has 0 unspecified atom stereocenters. The number of carbonyl (C=O) groups excluding carboxylic acids is 4. The molecule has 5 amide bonds. The molecule has 1 fully saturated rings. The number of hydrogen-bond donors (Lipinski definition) is 3. The molecular weight excluding hydrogens is 348 g/mol. The third-order valence-corrected chi connectivity index (χ3v) is 4.18. The Labute approximate surface area is 158 Å². The zero-order valence-corrected chi connectivity index (χ0v) is 16.1. The van der Waals surface area contributed by atoms with Crippen LogP contribution in [-0.2, 0) is 16.0 Å². The molecule has 0 atom stereocenters. The van der Waals surface area contributed by atoms with Gasteiger partial charge in [0.05, 0.1) is 0 Å². The van der Waals surface area contributed by atoms with Gasteiger partial charge in [0, 0.05) is 18.5 Å². The molecule has 0 saturated carbocycles. The molecule has 1 aromatic carbocycles. The number of rotatable bonds is 6. The summed E-state index contributed by atoms with van der Waals surface area (Å²) in [5.74, 6) is -0.786. The number of nitrogens with zero attached hydrogens (tertiary/aromatic N) is 1. The largest absolute Gasteiger partial charge is 0.325 e. The van der Waals surface area contributed by atoms with Gasteiger partial charge in [0.25, 0.3) is 11.8 Å². The summed E-state index contributed by atoms with van der Waals surface area (Å²) in [5.41, 5.74) is 5.23. The molecule has 0 radical (unpaired) electrons. The fourth-order valence-corrected chi connectivity index (χ4v) is 2.76. The van der Waals surface area contributed by atoms with E-state index in [0.717, 1.165) is 16.9 Å². The highest BCUT2D eigenvalue weighted by atomic mass is 16.2. The predicted octanol–water partition coefficient (Wildman–Crippen LogP) is 1.37. The first kappa shape index (κ1) is 20.4. The first-order valence-corrected chi connectivity index (χ1v) is 8.92. The standard InChI is InChI=1S/C19H26N4O4/c1-12(2)11-13-5-7-14(8-6-13)16(25)22-21-15(24)9-10-23-17(26)19(3,4)20-18(23)27/h5-8,12H,9-11H2,1-4H3,(H,20,27)(H,21,24)(H,22,25). The lowest BCUT2D eigenvalue weighted by atomic mass is 10.0. The monoisotopic (exact) mass is 374 g/mol. The van der Waals surface area contributed by atoms with Gasteiger partial charge in [-0.25, -0.2) is 4.79 Å². The summed E-state index contributed by atoms with van der Waals surface area (Å²) >= 11 is 0. The van der Waals surface area contributed by atoms with E-state index in [-0.39, 0.29) is 18.9 Å². The summed E-state index contributed by atoms with van der Waals surface area (Å²) in [5, 5.41) is 2.54. The van der Waals surface area contributed by atoms with Crippen LogP contribution in [0.3, 0.4) is 0 Å². The maximum absolute atomic E-state index is 12.1. The Kier molecular flexibility index (Phi) is 6.20. The average Bonchev–Trinajstić information content (AvgIpc) is 2.78. The Morgan fingerprint density at radius 3 is 2.26 bits per heavy atom. The molecule has 1 aliphatic heterocycles. The van der Waals surface area contributed by atoms with Crippen LogP contribution in [0.1, 0.15) is 50.0 Å². The van der Waals surface area contributed by atoms with E-state index in [4.69, 9.17) is 0 Å². The Morgan fingerprint density at radius 2 is 1.74 bits per heavy atom. The Hall–Kier alpha value is -2.90. The summed E-state index contributed by atoms with van der Waals surface area (Å²) in [4.78, 5) is 48.8. The lowest BCUT2D eigenvalue weighted by molar-refractivity contribution is -0.130. The molecule has 146 valence electrons. The van der Waals surface area contributed by atoms with Gasteiger partial charge >= 0.3 is 6.03 Å². The molecule has 1 aliphatic rings. The molecule has 1 aromatic rings.